The zero-order chi connectivity index (χ0) is 36.7. The minimum absolute atomic E-state index is 0. The van der Waals surface area contributed by atoms with Gasteiger partial charge in [-0.15, -0.1) is 29.3 Å². The number of halogens is 4. The van der Waals surface area contributed by atoms with Crippen molar-refractivity contribution in [3.8, 4) is 33.4 Å². The van der Waals surface area contributed by atoms with Crippen LogP contribution in [0.4, 0.5) is 0 Å². The molecule has 0 nitrogen and oxygen atoms in total. The third-order valence-corrected chi connectivity index (χ3v) is 11.3. The third kappa shape index (κ3) is 11.2. The molecule has 5 heteroatoms. The monoisotopic (exact) mass is 860 g/mol. The first-order chi connectivity index (χ1) is 25.1. The van der Waals surface area contributed by atoms with Gasteiger partial charge in [0.2, 0.25) is 0 Å². The molecule has 0 N–H and O–H groups in total. The summed E-state index contributed by atoms with van der Waals surface area (Å²) < 4.78 is 1.31. The molecular formula is C49H42Cl4Zr-2. The van der Waals surface area contributed by atoms with E-state index >= 15 is 0 Å². The molecule has 2 aliphatic rings. The van der Waals surface area contributed by atoms with Crippen LogP contribution >= 0.6 is 23.2 Å². The van der Waals surface area contributed by atoms with E-state index in [1.165, 1.54) is 95.1 Å². The van der Waals surface area contributed by atoms with Gasteiger partial charge in [0, 0.05) is 0 Å². The Balaban J connectivity index is 0.000000194. The van der Waals surface area contributed by atoms with E-state index in [-0.39, 0.29) is 24.8 Å². The number of fused-ring (bicyclic) bond motifs is 3. The van der Waals surface area contributed by atoms with E-state index in [0.29, 0.717) is 11.3 Å². The van der Waals surface area contributed by atoms with Crippen molar-refractivity contribution in [3.63, 3.8) is 0 Å². The molecule has 0 saturated heterocycles. The van der Waals surface area contributed by atoms with Crippen molar-refractivity contribution in [1.29, 1.82) is 0 Å². The fourth-order valence-electron chi connectivity index (χ4n) is 6.33. The van der Waals surface area contributed by atoms with Gasteiger partial charge in [0.05, 0.1) is 0 Å². The van der Waals surface area contributed by atoms with Gasteiger partial charge in [-0.1, -0.05) is 141 Å². The van der Waals surface area contributed by atoms with Gasteiger partial charge in [-0.05, 0) is 23.1 Å². The average Bonchev–Trinajstić information content (AvgIpc) is 3.81. The zero-order valence-corrected chi connectivity index (χ0v) is 36.4. The summed E-state index contributed by atoms with van der Waals surface area (Å²) in [5, 5.41) is 1.53. The molecular weight excluding hydrogens is 822 g/mol. The fourth-order valence-corrected chi connectivity index (χ4v) is 7.40. The summed E-state index contributed by atoms with van der Waals surface area (Å²) in [6.45, 7) is 8.94. The van der Waals surface area contributed by atoms with Crippen LogP contribution in [0.25, 0.3) is 33.4 Å². The molecule has 0 saturated carbocycles. The van der Waals surface area contributed by atoms with Gasteiger partial charge in [0.15, 0.2) is 0 Å². The summed E-state index contributed by atoms with van der Waals surface area (Å²) in [5.74, 6) is 0.573. The first-order valence-corrected chi connectivity index (χ1v) is 19.8. The van der Waals surface area contributed by atoms with Crippen molar-refractivity contribution in [3.05, 3.63) is 202 Å². The van der Waals surface area contributed by atoms with Crippen LogP contribution in [0.3, 0.4) is 0 Å². The topological polar surface area (TPSA) is 0 Å². The molecule has 6 aromatic carbocycles. The maximum atomic E-state index is 5.86. The molecule has 0 fully saturated rings. The molecule has 1 unspecified atom stereocenters. The van der Waals surface area contributed by atoms with Gasteiger partial charge in [0.1, 0.15) is 0 Å². The minimum atomic E-state index is 0. The number of rotatable bonds is 5. The molecule has 0 heterocycles. The number of allylic oxidation sites excluding steroid dienone is 4. The van der Waals surface area contributed by atoms with Crippen molar-refractivity contribution in [1.82, 2.24) is 0 Å². The fraction of sp³-hybridized carbons (Fsp3) is 0.163. The molecule has 8 rings (SSSR count). The van der Waals surface area contributed by atoms with Crippen LogP contribution in [0.1, 0.15) is 56.4 Å². The van der Waals surface area contributed by atoms with Crippen LogP contribution < -0.4 is 24.8 Å². The Labute approximate surface area is 359 Å². The molecule has 0 amide bonds. The predicted molar refractivity (Wildman–Crippen MR) is 220 cm³/mol. The molecule has 0 radical (unpaired) electrons. The van der Waals surface area contributed by atoms with Crippen molar-refractivity contribution in [2.75, 3.05) is 0 Å². The maximum absolute atomic E-state index is 5.86. The summed E-state index contributed by atoms with van der Waals surface area (Å²) >= 11 is 13.1. The normalized spacial score (nSPS) is 13.4. The predicted octanol–water partition coefficient (Wildman–Crippen LogP) is 7.87. The summed E-state index contributed by atoms with van der Waals surface area (Å²) in [6.07, 6.45) is 9.97. The largest absolute Gasteiger partial charge is 1.00 e. The summed E-state index contributed by atoms with van der Waals surface area (Å²) in [5.41, 5.74) is 14.5. The van der Waals surface area contributed by atoms with Crippen molar-refractivity contribution < 1.29 is 49.0 Å². The van der Waals surface area contributed by atoms with Crippen LogP contribution in [-0.4, -0.2) is 3.21 Å². The van der Waals surface area contributed by atoms with Crippen molar-refractivity contribution >= 4 is 26.4 Å². The Hall–Kier alpha value is -3.29. The summed E-state index contributed by atoms with van der Waals surface area (Å²) in [7, 11) is 0. The van der Waals surface area contributed by atoms with Gasteiger partial charge < -0.3 is 24.8 Å². The average molecular weight is 864 g/mol. The molecule has 0 aromatic heterocycles. The molecule has 6 aromatic rings. The van der Waals surface area contributed by atoms with Crippen LogP contribution in [0.15, 0.2) is 157 Å². The van der Waals surface area contributed by atoms with E-state index in [1.807, 2.05) is 48.5 Å². The third-order valence-electron chi connectivity index (χ3n) is 9.39. The second-order valence-electron chi connectivity index (χ2n) is 14.1. The Kier molecular flexibility index (Phi) is 16.1. The van der Waals surface area contributed by atoms with E-state index in [4.69, 9.17) is 23.2 Å². The number of hydrogen-bond donors (Lipinski definition) is 0. The smallest absolute Gasteiger partial charge is 0.0181 e. The molecule has 1 atom stereocenters. The van der Waals surface area contributed by atoms with E-state index in [0.717, 1.165) is 16.5 Å². The Morgan fingerprint density at radius 2 is 1.20 bits per heavy atom. The van der Waals surface area contributed by atoms with E-state index in [2.05, 4.69) is 143 Å². The Bertz CT molecular complexity index is 2060. The van der Waals surface area contributed by atoms with Gasteiger partial charge in [-0.3, -0.25) is 6.08 Å². The quantitative estimate of drug-likeness (QED) is 0.155. The SMILES string of the molecule is CCC1[C-]=CC(C(C)(C)C)=C1.Clc1ccc([C](=[Zr+2])c2ccc(Cl)cc2)cc1.[Cl-].[Cl-].[c-]1c(-c2ccccc2)ccc2c1Cc1cc(-c3ccccc3)ccc1-2. The van der Waals surface area contributed by atoms with Crippen LogP contribution in [0.5, 0.6) is 0 Å². The molecule has 54 heavy (non-hydrogen) atoms. The van der Waals surface area contributed by atoms with Gasteiger partial charge in [-0.2, -0.15) is 11.6 Å². The van der Waals surface area contributed by atoms with Gasteiger partial charge >= 0.3 is 120 Å². The number of benzene rings is 6. The molecule has 2 aliphatic carbocycles. The second kappa shape index (κ2) is 20.0. The molecule has 0 aliphatic heterocycles. The Morgan fingerprint density at radius 3 is 1.70 bits per heavy atom. The van der Waals surface area contributed by atoms with Crippen LogP contribution in [-0.2, 0) is 30.7 Å². The van der Waals surface area contributed by atoms with Crippen LogP contribution in [0.2, 0.25) is 10.0 Å². The molecule has 272 valence electrons. The standard InChI is InChI=1S/C25H17.C13H8Cl2.C11H17.2ClH.Zr/c1-3-7-18(8-4-1)20-11-13-24-22(15-20)17-23-16-21(12-14-25(23)24)19-9-5-2-6-10-19;14-12-5-1-10(2-6-12)9-11-3-7-13(15)8-4-11;1-5-9-6-7-10(8-9)11(2,3)4;;;/h1-15H,17H2;1-8H;7-9H,5H2,1-4H3;2*1H;/q-1;;-1;;;+2/p-2. The number of hydrogen-bond acceptors (Lipinski definition) is 0. The van der Waals surface area contributed by atoms with Crippen molar-refractivity contribution in [2.45, 2.75) is 40.5 Å². The van der Waals surface area contributed by atoms with Gasteiger partial charge in [0.25, 0.3) is 0 Å². The Morgan fingerprint density at radius 1 is 0.667 bits per heavy atom. The van der Waals surface area contributed by atoms with Gasteiger partial charge in [-0.25, -0.2) is 6.08 Å². The maximum Gasteiger partial charge on any atom is -0.0181 e. The second-order valence-corrected chi connectivity index (χ2v) is 16.2. The molecule has 0 spiro atoms. The minimum Gasteiger partial charge on any atom is -1.00 e. The first kappa shape index (κ1) is 43.4. The van der Waals surface area contributed by atoms with E-state index in [1.54, 1.807) is 0 Å². The van der Waals surface area contributed by atoms with Crippen LogP contribution in [0, 0.1) is 23.5 Å². The van der Waals surface area contributed by atoms with Crippen molar-refractivity contribution in [2.24, 2.45) is 11.3 Å². The zero-order valence-electron chi connectivity index (χ0n) is 30.9. The summed E-state index contributed by atoms with van der Waals surface area (Å²) in [4.78, 5) is 0. The van der Waals surface area contributed by atoms with E-state index in [9.17, 15) is 0 Å². The van der Waals surface area contributed by atoms with E-state index < -0.39 is 0 Å². The first-order valence-electron chi connectivity index (χ1n) is 17.8. The molecule has 0 bridgehead atoms. The summed E-state index contributed by atoms with van der Waals surface area (Å²) in [6, 6.07) is 51.8.